The normalized spacial score (nSPS) is 32.0. The minimum atomic E-state index is -2.56. The number of unbranched alkanes of at least 4 members (excludes halogenated alkanes) is 3. The lowest BCUT2D eigenvalue weighted by Crippen LogP contribution is -2.68. The second-order valence-corrected chi connectivity index (χ2v) is 32.0. The molecule has 2 aliphatic carbocycles. The Morgan fingerprint density at radius 1 is 0.831 bits per heavy atom. The van der Waals surface area contributed by atoms with Crippen molar-refractivity contribution in [2.75, 3.05) is 39.8 Å². The third-order valence-corrected chi connectivity index (χ3v) is 22.5. The van der Waals surface area contributed by atoms with E-state index >= 15 is 0 Å². The van der Waals surface area contributed by atoms with Crippen LogP contribution in [0.5, 0.6) is 0 Å². The zero-order valence-corrected chi connectivity index (χ0v) is 42.0. The molecule has 332 valence electrons. The van der Waals surface area contributed by atoms with E-state index in [4.69, 9.17) is 32.8 Å². The van der Waals surface area contributed by atoms with Crippen molar-refractivity contribution >= 4 is 49.4 Å². The maximum absolute atomic E-state index is 11.9. The van der Waals surface area contributed by atoms with Crippen molar-refractivity contribution in [3.8, 4) is 0 Å². The lowest BCUT2D eigenvalue weighted by atomic mass is 9.54. The van der Waals surface area contributed by atoms with Gasteiger partial charge in [-0.2, -0.15) is 0 Å². The number of hydrogen-bond donors (Lipinski definition) is 1. The van der Waals surface area contributed by atoms with E-state index in [9.17, 15) is 5.11 Å². The van der Waals surface area contributed by atoms with E-state index in [-0.39, 0.29) is 27.3 Å². The maximum Gasteiger partial charge on any atom is 0.261 e. The lowest BCUT2D eigenvalue weighted by molar-refractivity contribution is -0.200. The van der Waals surface area contributed by atoms with Crippen LogP contribution in [0, 0.1) is 23.2 Å². The van der Waals surface area contributed by atoms with Gasteiger partial charge in [-0.1, -0.05) is 143 Å². The number of hydrogen-bond acceptors (Lipinski definition) is 8. The molecule has 2 heterocycles. The standard InChI is InChI=1S/C48H77IO8Si2/c1-10-53-42-33-47(34-54-42)32-36(50)31-41-39(26-28-51-35-52-29-30-58(7,8)9)40(43(49)48(47)44(41)56-46(5,6)57-48)25-19-11-12-20-27-55-59(45(2,3)4,37-21-15-13-16-22-37)38-23-17-14-18-24-38/h13-18,21-24,36,39-44,50H,10-12,19-20,25-35H2,1-9H3/t36-,39+,40+,41-,42?,43-,44+,47+,48-/m0/s1. The Bertz CT molecular complexity index is 1550. The summed E-state index contributed by atoms with van der Waals surface area (Å²) in [5.74, 6) is 0.0936. The highest BCUT2D eigenvalue weighted by atomic mass is 127. The number of alkyl halides is 1. The van der Waals surface area contributed by atoms with Crippen LogP contribution in [0.15, 0.2) is 60.7 Å². The second-order valence-electron chi connectivity index (χ2n) is 20.7. The van der Waals surface area contributed by atoms with Crippen molar-refractivity contribution in [1.82, 2.24) is 0 Å². The summed E-state index contributed by atoms with van der Waals surface area (Å²) in [7, 11) is -3.72. The molecule has 2 aliphatic heterocycles. The monoisotopic (exact) mass is 964 g/mol. The highest BCUT2D eigenvalue weighted by molar-refractivity contribution is 14.1. The fourth-order valence-corrected chi connectivity index (χ4v) is 18.8. The van der Waals surface area contributed by atoms with Crippen LogP contribution in [0.25, 0.3) is 0 Å². The molecule has 0 radical (unpaired) electrons. The van der Waals surface area contributed by atoms with Gasteiger partial charge in [-0.3, -0.25) is 0 Å². The summed E-state index contributed by atoms with van der Waals surface area (Å²) < 4.78 is 46.5. The molecular formula is C48H77IO8Si2. The van der Waals surface area contributed by atoms with Crippen molar-refractivity contribution < 1.29 is 38.0 Å². The van der Waals surface area contributed by atoms with Crippen molar-refractivity contribution in [1.29, 1.82) is 0 Å². The molecule has 8 nitrogen and oxygen atoms in total. The maximum atomic E-state index is 11.9. The minimum absolute atomic E-state index is 0.0303. The number of benzene rings is 2. The fourth-order valence-electron chi connectivity index (χ4n) is 11.4. The largest absolute Gasteiger partial charge is 0.407 e. The average molecular weight is 965 g/mol. The smallest absolute Gasteiger partial charge is 0.261 e. The molecule has 11 heteroatoms. The van der Waals surface area contributed by atoms with Crippen LogP contribution in [0.2, 0.25) is 30.7 Å². The number of rotatable bonds is 20. The topological polar surface area (TPSA) is 84.8 Å². The highest BCUT2D eigenvalue weighted by Crippen LogP contribution is 2.67. The molecule has 1 N–H and O–H groups in total. The number of aliphatic hydroxyl groups excluding tert-OH is 1. The third-order valence-electron chi connectivity index (χ3n) is 13.9. The quantitative estimate of drug-likeness (QED) is 0.0462. The van der Waals surface area contributed by atoms with Crippen molar-refractivity contribution in [3.63, 3.8) is 0 Å². The summed E-state index contributed by atoms with van der Waals surface area (Å²) >= 11 is 2.75. The van der Waals surface area contributed by atoms with Gasteiger partial charge in [0, 0.05) is 50.3 Å². The van der Waals surface area contributed by atoms with Gasteiger partial charge in [0.05, 0.1) is 18.8 Å². The molecule has 2 aromatic carbocycles. The third kappa shape index (κ3) is 10.5. The van der Waals surface area contributed by atoms with Crippen molar-refractivity contribution in [2.24, 2.45) is 23.2 Å². The lowest BCUT2D eigenvalue weighted by Gasteiger charge is -2.57. The van der Waals surface area contributed by atoms with Gasteiger partial charge in [0.15, 0.2) is 12.1 Å². The summed E-state index contributed by atoms with van der Waals surface area (Å²) in [6.07, 6.45) is 7.56. The molecule has 4 aliphatic rings. The molecule has 4 fully saturated rings. The van der Waals surface area contributed by atoms with E-state index in [1.807, 2.05) is 6.92 Å². The molecule has 2 saturated heterocycles. The molecule has 1 spiro atoms. The van der Waals surface area contributed by atoms with Gasteiger partial charge < -0.3 is 38.0 Å². The average Bonchev–Trinajstić information content (AvgIpc) is 3.71. The Balaban J connectivity index is 1.17. The van der Waals surface area contributed by atoms with Crippen LogP contribution < -0.4 is 10.4 Å². The van der Waals surface area contributed by atoms with E-state index in [0.717, 1.165) is 57.8 Å². The Labute approximate surface area is 372 Å². The minimum Gasteiger partial charge on any atom is -0.407 e. The van der Waals surface area contributed by atoms with Crippen molar-refractivity contribution in [3.05, 3.63) is 60.7 Å². The van der Waals surface area contributed by atoms with Gasteiger partial charge in [0.25, 0.3) is 8.32 Å². The molecular weight excluding hydrogens is 888 g/mol. The summed E-state index contributed by atoms with van der Waals surface area (Å²) in [5.41, 5.74) is -1.01. The van der Waals surface area contributed by atoms with Crippen LogP contribution in [-0.4, -0.2) is 95.1 Å². The molecule has 59 heavy (non-hydrogen) atoms. The highest BCUT2D eigenvalue weighted by Gasteiger charge is 2.75. The van der Waals surface area contributed by atoms with Gasteiger partial charge >= 0.3 is 0 Å². The Morgan fingerprint density at radius 3 is 2.10 bits per heavy atom. The number of aliphatic hydroxyl groups is 1. The van der Waals surface area contributed by atoms with Gasteiger partial charge in [-0.15, -0.1) is 0 Å². The van der Waals surface area contributed by atoms with E-state index in [0.29, 0.717) is 57.7 Å². The van der Waals surface area contributed by atoms with Crippen molar-refractivity contribution in [2.45, 2.75) is 164 Å². The van der Waals surface area contributed by atoms with Crippen LogP contribution in [0.3, 0.4) is 0 Å². The fraction of sp³-hybridized carbons (Fsp3) is 0.750. The van der Waals surface area contributed by atoms with E-state index in [1.54, 1.807) is 0 Å². The van der Waals surface area contributed by atoms with Gasteiger partial charge in [0.1, 0.15) is 12.4 Å². The molecule has 0 aromatic heterocycles. The second kappa shape index (κ2) is 20.0. The first-order valence-electron chi connectivity index (χ1n) is 22.8. The van der Waals surface area contributed by atoms with Crippen LogP contribution >= 0.6 is 22.6 Å². The predicted octanol–water partition coefficient (Wildman–Crippen LogP) is 9.71. The first-order valence-corrected chi connectivity index (χ1v) is 29.7. The summed E-state index contributed by atoms with van der Waals surface area (Å²) in [4.78, 5) is 0. The summed E-state index contributed by atoms with van der Waals surface area (Å²) in [6.45, 7) is 23.9. The van der Waals surface area contributed by atoms with Crippen LogP contribution in [0.4, 0.5) is 0 Å². The molecule has 2 aromatic rings. The molecule has 2 saturated carbocycles. The molecule has 9 atom stereocenters. The SMILES string of the molecule is CCOC1C[C@@]2(CO1)C[C@@H](O)C[C@H]1[C@H](CCOCOCC[Si](C)(C)C)[C@@H](CCCCCCO[Si](c3ccccc3)(c3ccccc3)C(C)(C)C)[C@H](I)[C@@]23OC(C)(C)O[C@H]13. The zero-order valence-electron chi connectivity index (χ0n) is 37.8. The van der Waals surface area contributed by atoms with E-state index in [1.165, 1.54) is 10.4 Å². The first-order chi connectivity index (χ1) is 28.0. The summed E-state index contributed by atoms with van der Waals surface area (Å²) in [6, 6.07) is 23.1. The van der Waals surface area contributed by atoms with Gasteiger partial charge in [0.2, 0.25) is 0 Å². The van der Waals surface area contributed by atoms with Crippen LogP contribution in [-0.2, 0) is 32.8 Å². The molecule has 1 unspecified atom stereocenters. The molecule has 6 rings (SSSR count). The zero-order chi connectivity index (χ0) is 42.5. The predicted molar refractivity (Wildman–Crippen MR) is 251 cm³/mol. The van der Waals surface area contributed by atoms with E-state index < -0.39 is 39.3 Å². The first kappa shape index (κ1) is 47.8. The number of ether oxygens (including phenoxy) is 6. The summed E-state index contributed by atoms with van der Waals surface area (Å²) in [5, 5.41) is 14.5. The molecule has 2 bridgehead atoms. The van der Waals surface area contributed by atoms with Gasteiger partial charge in [-0.05, 0) is 92.1 Å². The molecule has 0 amide bonds. The Morgan fingerprint density at radius 2 is 1.47 bits per heavy atom. The Hall–Kier alpha value is -0.716. The Kier molecular flexibility index (Phi) is 16.2. The van der Waals surface area contributed by atoms with Gasteiger partial charge in [-0.25, -0.2) is 0 Å². The van der Waals surface area contributed by atoms with Crippen LogP contribution in [0.1, 0.15) is 99.3 Å². The van der Waals surface area contributed by atoms with E-state index in [2.05, 4.69) is 138 Å². The number of halogens is 1.